The number of rotatable bonds is 3. The van der Waals surface area contributed by atoms with E-state index >= 15 is 0 Å². The molecule has 2 rings (SSSR count). The molecule has 0 aliphatic carbocycles. The van der Waals surface area contributed by atoms with E-state index < -0.39 is 0 Å². The largest absolute Gasteiger partial charge is 0.457 e. The highest BCUT2D eigenvalue weighted by Crippen LogP contribution is 2.20. The second-order valence-electron chi connectivity index (χ2n) is 4.54. The normalized spacial score (nSPS) is 20.7. The zero-order valence-electron chi connectivity index (χ0n) is 10.6. The average molecular weight is 312 g/mol. The van der Waals surface area contributed by atoms with Crippen molar-refractivity contribution in [1.29, 1.82) is 0 Å². The predicted molar refractivity (Wildman–Crippen MR) is 74.7 cm³/mol. The van der Waals surface area contributed by atoms with Crippen molar-refractivity contribution >= 4 is 21.9 Å². The van der Waals surface area contributed by atoms with E-state index in [1.165, 1.54) is 0 Å². The van der Waals surface area contributed by atoms with E-state index in [-0.39, 0.29) is 12.1 Å². The van der Waals surface area contributed by atoms with Crippen LogP contribution in [0.4, 0.5) is 0 Å². The standard InChI is InChI=1S/C14H18BrNO2/c1-2-16-9-5-6-11(10-16)18-14(17)12-7-3-4-8-13(12)15/h3-4,7-8,11H,2,5-6,9-10H2,1H3. The van der Waals surface area contributed by atoms with Crippen LogP contribution in [0.2, 0.25) is 0 Å². The number of esters is 1. The van der Waals surface area contributed by atoms with E-state index in [1.54, 1.807) is 6.07 Å². The number of carbonyl (C=O) groups is 1. The monoisotopic (exact) mass is 311 g/mol. The second-order valence-corrected chi connectivity index (χ2v) is 5.40. The van der Waals surface area contributed by atoms with E-state index in [2.05, 4.69) is 27.8 Å². The molecule has 1 heterocycles. The zero-order chi connectivity index (χ0) is 13.0. The first kappa shape index (κ1) is 13.6. The van der Waals surface area contributed by atoms with E-state index in [4.69, 9.17) is 4.74 Å². The van der Waals surface area contributed by atoms with Crippen molar-refractivity contribution in [3.63, 3.8) is 0 Å². The Labute approximate surface area is 116 Å². The van der Waals surface area contributed by atoms with Crippen LogP contribution < -0.4 is 0 Å². The molecule has 0 saturated carbocycles. The molecule has 3 nitrogen and oxygen atoms in total. The number of piperidine rings is 1. The van der Waals surface area contributed by atoms with Gasteiger partial charge in [-0.2, -0.15) is 0 Å². The summed E-state index contributed by atoms with van der Waals surface area (Å²) < 4.78 is 6.37. The minimum Gasteiger partial charge on any atom is -0.457 e. The molecule has 1 fully saturated rings. The molecule has 1 aromatic carbocycles. The Kier molecular flexibility index (Phi) is 4.78. The number of carbonyl (C=O) groups excluding carboxylic acids is 1. The maximum absolute atomic E-state index is 12.1. The lowest BCUT2D eigenvalue weighted by Crippen LogP contribution is -2.40. The fraction of sp³-hybridized carbons (Fsp3) is 0.500. The SMILES string of the molecule is CCN1CCCC(OC(=O)c2ccccc2Br)C1. The van der Waals surface area contributed by atoms with Gasteiger partial charge in [0.2, 0.25) is 0 Å². The smallest absolute Gasteiger partial charge is 0.339 e. The third-order valence-corrected chi connectivity index (χ3v) is 3.97. The van der Waals surface area contributed by atoms with Crippen LogP contribution in [-0.4, -0.2) is 36.6 Å². The number of ether oxygens (including phenoxy) is 1. The number of hydrogen-bond acceptors (Lipinski definition) is 3. The molecule has 1 aliphatic rings. The summed E-state index contributed by atoms with van der Waals surface area (Å²) in [5.74, 6) is -0.231. The van der Waals surface area contributed by atoms with Crippen molar-refractivity contribution in [3.8, 4) is 0 Å². The van der Waals surface area contributed by atoms with Gasteiger partial charge >= 0.3 is 5.97 Å². The van der Waals surface area contributed by atoms with Crippen molar-refractivity contribution in [1.82, 2.24) is 4.90 Å². The molecule has 0 radical (unpaired) electrons. The molecule has 0 amide bonds. The van der Waals surface area contributed by atoms with Crippen molar-refractivity contribution < 1.29 is 9.53 Å². The van der Waals surface area contributed by atoms with Crippen LogP contribution in [0.5, 0.6) is 0 Å². The van der Waals surface area contributed by atoms with Crippen LogP contribution in [0.3, 0.4) is 0 Å². The summed E-state index contributed by atoms with van der Waals surface area (Å²) in [5.41, 5.74) is 0.603. The molecule has 1 saturated heterocycles. The lowest BCUT2D eigenvalue weighted by Gasteiger charge is -2.31. The molecule has 4 heteroatoms. The highest BCUT2D eigenvalue weighted by molar-refractivity contribution is 9.10. The van der Waals surface area contributed by atoms with E-state index in [0.717, 1.165) is 36.9 Å². The van der Waals surface area contributed by atoms with Gasteiger partial charge < -0.3 is 4.74 Å². The van der Waals surface area contributed by atoms with Gasteiger partial charge in [0.05, 0.1) is 5.56 Å². The average Bonchev–Trinajstić information content (AvgIpc) is 2.39. The lowest BCUT2D eigenvalue weighted by atomic mass is 10.1. The maximum Gasteiger partial charge on any atom is 0.339 e. The summed E-state index contributed by atoms with van der Waals surface area (Å²) in [6, 6.07) is 7.38. The molecule has 98 valence electrons. The van der Waals surface area contributed by atoms with Gasteiger partial charge in [-0.15, -0.1) is 0 Å². The summed E-state index contributed by atoms with van der Waals surface area (Å²) in [4.78, 5) is 14.4. The molecule has 1 aliphatic heterocycles. The van der Waals surface area contributed by atoms with Gasteiger partial charge in [0.15, 0.2) is 0 Å². The van der Waals surface area contributed by atoms with Crippen LogP contribution in [0.15, 0.2) is 28.7 Å². The number of likely N-dealkylation sites (tertiary alicyclic amines) is 1. The third kappa shape index (κ3) is 3.33. The van der Waals surface area contributed by atoms with Crippen LogP contribution in [-0.2, 0) is 4.74 Å². The van der Waals surface area contributed by atoms with Crippen molar-refractivity contribution in [3.05, 3.63) is 34.3 Å². The molecule has 0 bridgehead atoms. The van der Waals surface area contributed by atoms with Crippen LogP contribution in [0.25, 0.3) is 0 Å². The fourth-order valence-corrected chi connectivity index (χ4v) is 2.68. The Morgan fingerprint density at radius 3 is 3.00 bits per heavy atom. The Balaban J connectivity index is 1.97. The number of halogens is 1. The summed E-state index contributed by atoms with van der Waals surface area (Å²) >= 11 is 3.38. The lowest BCUT2D eigenvalue weighted by molar-refractivity contribution is 0.00765. The first-order chi connectivity index (χ1) is 8.70. The molecule has 0 spiro atoms. The van der Waals surface area contributed by atoms with Gasteiger partial charge in [-0.1, -0.05) is 19.1 Å². The van der Waals surface area contributed by atoms with Crippen LogP contribution >= 0.6 is 15.9 Å². The van der Waals surface area contributed by atoms with Gasteiger partial charge in [-0.05, 0) is 54.0 Å². The van der Waals surface area contributed by atoms with Crippen LogP contribution in [0, 0.1) is 0 Å². The van der Waals surface area contributed by atoms with Gasteiger partial charge in [0.1, 0.15) is 6.10 Å². The minimum atomic E-state index is -0.231. The van der Waals surface area contributed by atoms with Crippen molar-refractivity contribution in [2.75, 3.05) is 19.6 Å². The highest BCUT2D eigenvalue weighted by Gasteiger charge is 2.23. The molecule has 1 atom stereocenters. The van der Waals surface area contributed by atoms with Crippen molar-refractivity contribution in [2.45, 2.75) is 25.9 Å². The van der Waals surface area contributed by atoms with Gasteiger partial charge in [0.25, 0.3) is 0 Å². The highest BCUT2D eigenvalue weighted by atomic mass is 79.9. The molecule has 0 aromatic heterocycles. The Hall–Kier alpha value is -0.870. The molecular weight excluding hydrogens is 294 g/mol. The summed E-state index contributed by atoms with van der Waals surface area (Å²) in [7, 11) is 0. The van der Waals surface area contributed by atoms with E-state index in [0.29, 0.717) is 5.56 Å². The third-order valence-electron chi connectivity index (χ3n) is 3.28. The van der Waals surface area contributed by atoms with Gasteiger partial charge in [0, 0.05) is 11.0 Å². The molecule has 1 unspecified atom stereocenters. The number of benzene rings is 1. The zero-order valence-corrected chi connectivity index (χ0v) is 12.1. The second kappa shape index (κ2) is 6.34. The Morgan fingerprint density at radius 2 is 2.28 bits per heavy atom. The topological polar surface area (TPSA) is 29.5 Å². The van der Waals surface area contributed by atoms with E-state index in [9.17, 15) is 4.79 Å². The van der Waals surface area contributed by atoms with Gasteiger partial charge in [-0.3, -0.25) is 4.90 Å². The summed E-state index contributed by atoms with van der Waals surface area (Å²) in [6.07, 6.45) is 2.09. The van der Waals surface area contributed by atoms with E-state index in [1.807, 2.05) is 18.2 Å². The Bertz CT molecular complexity index is 422. The van der Waals surface area contributed by atoms with Crippen LogP contribution in [0.1, 0.15) is 30.1 Å². The molecule has 18 heavy (non-hydrogen) atoms. The Morgan fingerprint density at radius 1 is 1.50 bits per heavy atom. The number of nitrogens with zero attached hydrogens (tertiary/aromatic N) is 1. The van der Waals surface area contributed by atoms with Gasteiger partial charge in [-0.25, -0.2) is 4.79 Å². The summed E-state index contributed by atoms with van der Waals surface area (Å²) in [5, 5.41) is 0. The molecule has 1 aromatic rings. The quantitative estimate of drug-likeness (QED) is 0.803. The number of likely N-dealkylation sites (N-methyl/N-ethyl adjacent to an activating group) is 1. The first-order valence-electron chi connectivity index (χ1n) is 6.38. The molecule has 0 N–H and O–H groups in total. The number of hydrogen-bond donors (Lipinski definition) is 0. The maximum atomic E-state index is 12.1. The first-order valence-corrected chi connectivity index (χ1v) is 7.18. The fourth-order valence-electron chi connectivity index (χ4n) is 2.24. The van der Waals surface area contributed by atoms with Crippen molar-refractivity contribution in [2.24, 2.45) is 0 Å². The predicted octanol–water partition coefficient (Wildman–Crippen LogP) is 3.09. The molecular formula is C14H18BrNO2. The summed E-state index contributed by atoms with van der Waals surface area (Å²) in [6.45, 7) is 5.12. The minimum absolute atomic E-state index is 0.0262.